The molecule has 0 unspecified atom stereocenters. The first-order valence-corrected chi connectivity index (χ1v) is 9.80. The number of aryl methyl sites for hydroxylation is 2. The van der Waals surface area contributed by atoms with Crippen LogP contribution < -0.4 is 10.9 Å². The van der Waals surface area contributed by atoms with Crippen LogP contribution in [0.15, 0.2) is 27.6 Å². The Balaban J connectivity index is 1.72. The van der Waals surface area contributed by atoms with Crippen molar-refractivity contribution in [2.24, 2.45) is 0 Å². The fraction of sp³-hybridized carbons (Fsp3) is 0.474. The molecule has 132 valence electrons. The van der Waals surface area contributed by atoms with E-state index in [1.165, 1.54) is 23.3 Å². The fourth-order valence-corrected chi connectivity index (χ4v) is 4.83. The van der Waals surface area contributed by atoms with Crippen LogP contribution in [0.4, 0.5) is 5.95 Å². The van der Waals surface area contributed by atoms with Crippen molar-refractivity contribution in [2.75, 3.05) is 11.9 Å². The molecule has 1 aliphatic rings. The summed E-state index contributed by atoms with van der Waals surface area (Å²) in [5, 5.41) is 4.20. The molecule has 1 aliphatic carbocycles. The van der Waals surface area contributed by atoms with Gasteiger partial charge in [-0.15, -0.1) is 11.3 Å². The van der Waals surface area contributed by atoms with Crippen molar-refractivity contribution in [1.82, 2.24) is 9.55 Å². The molecule has 5 nitrogen and oxygen atoms in total. The molecule has 0 atom stereocenters. The standard InChI is InChI=1S/C19H23N3O2S/c1-12(2)22-18(23)16-14-7-3-4-8-15(14)25-17(16)21-19(22)20-10-9-13-6-5-11-24-13/h5-6,11-12H,3-4,7-10H2,1-2H3,(H,20,21). The zero-order valence-corrected chi connectivity index (χ0v) is 15.5. The van der Waals surface area contributed by atoms with E-state index in [1.807, 2.05) is 26.0 Å². The Hall–Kier alpha value is -2.08. The minimum atomic E-state index is 0.0645. The van der Waals surface area contributed by atoms with Gasteiger partial charge in [-0.3, -0.25) is 9.36 Å². The van der Waals surface area contributed by atoms with E-state index in [9.17, 15) is 4.79 Å². The van der Waals surface area contributed by atoms with E-state index in [4.69, 9.17) is 9.40 Å². The van der Waals surface area contributed by atoms with Crippen LogP contribution in [0.3, 0.4) is 0 Å². The maximum Gasteiger partial charge on any atom is 0.264 e. The van der Waals surface area contributed by atoms with Crippen LogP contribution in [0.2, 0.25) is 0 Å². The first kappa shape index (κ1) is 16.4. The molecule has 0 radical (unpaired) electrons. The van der Waals surface area contributed by atoms with Crippen molar-refractivity contribution >= 4 is 27.5 Å². The third-order valence-corrected chi connectivity index (χ3v) is 5.96. The summed E-state index contributed by atoms with van der Waals surface area (Å²) in [6.45, 7) is 4.75. The largest absolute Gasteiger partial charge is 0.469 e. The second-order valence-electron chi connectivity index (χ2n) is 6.85. The molecule has 25 heavy (non-hydrogen) atoms. The summed E-state index contributed by atoms with van der Waals surface area (Å²) in [6.07, 6.45) is 6.92. The quantitative estimate of drug-likeness (QED) is 0.745. The summed E-state index contributed by atoms with van der Waals surface area (Å²) < 4.78 is 7.17. The molecule has 0 aromatic carbocycles. The number of fused-ring (bicyclic) bond motifs is 3. The van der Waals surface area contributed by atoms with Crippen LogP contribution in [-0.2, 0) is 19.3 Å². The van der Waals surface area contributed by atoms with Crippen molar-refractivity contribution in [3.63, 3.8) is 0 Å². The highest BCUT2D eigenvalue weighted by Gasteiger charge is 2.22. The van der Waals surface area contributed by atoms with E-state index < -0.39 is 0 Å². The van der Waals surface area contributed by atoms with E-state index in [-0.39, 0.29) is 11.6 Å². The van der Waals surface area contributed by atoms with Gasteiger partial charge in [-0.05, 0) is 57.2 Å². The van der Waals surface area contributed by atoms with Gasteiger partial charge in [-0.1, -0.05) is 0 Å². The molecule has 0 saturated carbocycles. The van der Waals surface area contributed by atoms with Crippen molar-refractivity contribution < 1.29 is 4.42 Å². The van der Waals surface area contributed by atoms with Crippen molar-refractivity contribution in [3.8, 4) is 0 Å². The summed E-state index contributed by atoms with van der Waals surface area (Å²) in [6, 6.07) is 3.91. The summed E-state index contributed by atoms with van der Waals surface area (Å²) in [7, 11) is 0. The van der Waals surface area contributed by atoms with E-state index in [0.29, 0.717) is 12.5 Å². The van der Waals surface area contributed by atoms with Gasteiger partial charge in [0, 0.05) is 23.9 Å². The second kappa shape index (κ2) is 6.67. The summed E-state index contributed by atoms with van der Waals surface area (Å²) in [4.78, 5) is 20.2. The van der Waals surface area contributed by atoms with Crippen LogP contribution in [0.5, 0.6) is 0 Å². The normalized spacial score (nSPS) is 14.2. The van der Waals surface area contributed by atoms with Gasteiger partial charge in [0.15, 0.2) is 0 Å². The lowest BCUT2D eigenvalue weighted by Crippen LogP contribution is -2.27. The third-order valence-electron chi connectivity index (χ3n) is 4.77. The Kier molecular flexibility index (Phi) is 4.37. The molecule has 1 N–H and O–H groups in total. The Labute approximate surface area is 150 Å². The average molecular weight is 357 g/mol. The number of thiophene rings is 1. The Bertz CT molecular complexity index is 938. The first-order chi connectivity index (χ1) is 12.1. The third kappa shape index (κ3) is 2.99. The lowest BCUT2D eigenvalue weighted by molar-refractivity contribution is 0.511. The molecular weight excluding hydrogens is 334 g/mol. The predicted molar refractivity (Wildman–Crippen MR) is 102 cm³/mol. The Morgan fingerprint density at radius 2 is 2.20 bits per heavy atom. The Morgan fingerprint density at radius 1 is 1.36 bits per heavy atom. The number of hydrogen-bond donors (Lipinski definition) is 1. The second-order valence-corrected chi connectivity index (χ2v) is 7.94. The lowest BCUT2D eigenvalue weighted by atomic mass is 9.97. The van der Waals surface area contributed by atoms with E-state index in [0.717, 1.165) is 35.2 Å². The van der Waals surface area contributed by atoms with E-state index >= 15 is 0 Å². The van der Waals surface area contributed by atoms with Crippen LogP contribution in [0.25, 0.3) is 10.2 Å². The maximum absolute atomic E-state index is 13.2. The monoisotopic (exact) mass is 357 g/mol. The highest BCUT2D eigenvalue weighted by molar-refractivity contribution is 7.18. The lowest BCUT2D eigenvalue weighted by Gasteiger charge is -2.17. The highest BCUT2D eigenvalue weighted by atomic mass is 32.1. The number of hydrogen-bond acceptors (Lipinski definition) is 5. The van der Waals surface area contributed by atoms with Crippen LogP contribution in [0, 0.1) is 0 Å². The molecule has 0 aliphatic heterocycles. The number of aromatic nitrogens is 2. The molecule has 6 heteroatoms. The van der Waals surface area contributed by atoms with Crippen molar-refractivity contribution in [3.05, 3.63) is 45.0 Å². The number of furan rings is 1. The van der Waals surface area contributed by atoms with Crippen molar-refractivity contribution in [1.29, 1.82) is 0 Å². The SMILES string of the molecule is CC(C)n1c(NCCc2ccco2)nc2sc3c(c2c1=O)CCCC3. The topological polar surface area (TPSA) is 60.1 Å². The van der Waals surface area contributed by atoms with E-state index in [2.05, 4.69) is 5.32 Å². The first-order valence-electron chi connectivity index (χ1n) is 8.98. The average Bonchev–Trinajstić information content (AvgIpc) is 3.21. The molecule has 3 aromatic heterocycles. The summed E-state index contributed by atoms with van der Waals surface area (Å²) >= 11 is 1.70. The fourth-order valence-electron chi connectivity index (χ4n) is 3.57. The molecule has 3 aromatic rings. The molecule has 3 heterocycles. The van der Waals surface area contributed by atoms with Gasteiger partial charge in [0.1, 0.15) is 10.6 Å². The van der Waals surface area contributed by atoms with Crippen LogP contribution in [0.1, 0.15) is 48.9 Å². The van der Waals surface area contributed by atoms with Gasteiger partial charge in [-0.25, -0.2) is 4.98 Å². The minimum Gasteiger partial charge on any atom is -0.469 e. The van der Waals surface area contributed by atoms with Crippen LogP contribution >= 0.6 is 11.3 Å². The summed E-state index contributed by atoms with van der Waals surface area (Å²) in [5.41, 5.74) is 1.35. The molecule has 0 saturated heterocycles. The van der Waals surface area contributed by atoms with Gasteiger partial charge in [0.2, 0.25) is 5.95 Å². The van der Waals surface area contributed by atoms with Crippen LogP contribution in [-0.4, -0.2) is 16.1 Å². The molecule has 4 rings (SSSR count). The predicted octanol–water partition coefficient (Wildman–Crippen LogP) is 4.17. The van der Waals surface area contributed by atoms with Crippen molar-refractivity contribution in [2.45, 2.75) is 52.0 Å². The van der Waals surface area contributed by atoms with Gasteiger partial charge < -0.3 is 9.73 Å². The molecular formula is C19H23N3O2S. The minimum absolute atomic E-state index is 0.0645. The van der Waals surface area contributed by atoms with Gasteiger partial charge >= 0.3 is 0 Å². The van der Waals surface area contributed by atoms with Gasteiger partial charge in [0.25, 0.3) is 5.56 Å². The number of nitrogens with zero attached hydrogens (tertiary/aromatic N) is 2. The smallest absolute Gasteiger partial charge is 0.264 e. The zero-order valence-electron chi connectivity index (χ0n) is 14.7. The Morgan fingerprint density at radius 3 is 2.96 bits per heavy atom. The van der Waals surface area contributed by atoms with Gasteiger partial charge in [0.05, 0.1) is 11.6 Å². The summed E-state index contributed by atoms with van der Waals surface area (Å²) in [5.74, 6) is 1.59. The molecule has 0 fully saturated rings. The molecule has 0 bridgehead atoms. The number of rotatable bonds is 5. The molecule has 0 spiro atoms. The zero-order chi connectivity index (χ0) is 17.4. The molecule has 0 amide bonds. The van der Waals surface area contributed by atoms with Gasteiger partial charge in [-0.2, -0.15) is 0 Å². The number of anilines is 1. The maximum atomic E-state index is 13.2. The number of nitrogens with one attached hydrogen (secondary N) is 1. The van der Waals surface area contributed by atoms with E-state index in [1.54, 1.807) is 22.2 Å². The highest BCUT2D eigenvalue weighted by Crippen LogP contribution is 2.34.